The summed E-state index contributed by atoms with van der Waals surface area (Å²) in [4.78, 5) is 13.3. The van der Waals surface area contributed by atoms with Crippen molar-refractivity contribution in [3.63, 3.8) is 0 Å². The number of ether oxygens (including phenoxy) is 1. The topological polar surface area (TPSA) is 41.6 Å². The normalized spacial score (nSPS) is 12.3. The van der Waals surface area contributed by atoms with Gasteiger partial charge in [-0.25, -0.2) is 0 Å². The maximum atomic E-state index is 11.2. The quantitative estimate of drug-likeness (QED) is 0.800. The van der Waals surface area contributed by atoms with Crippen LogP contribution in [0.3, 0.4) is 0 Å². The Balaban J connectivity index is 2.80. The molecule has 1 aromatic carbocycles. The van der Waals surface area contributed by atoms with Gasteiger partial charge in [0, 0.05) is 6.54 Å². The summed E-state index contributed by atoms with van der Waals surface area (Å²) in [6.45, 7) is 0.520. The average molecular weight is 271 g/mol. The molecule has 0 bridgehead atoms. The van der Waals surface area contributed by atoms with E-state index in [1.165, 1.54) is 0 Å². The minimum atomic E-state index is -0.161. The van der Waals surface area contributed by atoms with Gasteiger partial charge in [-0.15, -0.1) is 11.6 Å². The smallest absolute Gasteiger partial charge is 0.234 e. The molecule has 1 aromatic rings. The van der Waals surface area contributed by atoms with Crippen LogP contribution in [0.2, 0.25) is 0 Å². The molecule has 0 spiro atoms. The van der Waals surface area contributed by atoms with Gasteiger partial charge in [-0.2, -0.15) is 0 Å². The summed E-state index contributed by atoms with van der Waals surface area (Å²) in [5.41, 5.74) is 1.09. The first kappa shape index (κ1) is 14.8. The third kappa shape index (κ3) is 4.20. The standard InChI is InChI=1S/C13H19ClN2O2/c1-16(2)12(9-15-13(17)8-14)10-5-4-6-11(7-10)18-3/h4-7,12H,8-9H2,1-3H3,(H,15,17). The van der Waals surface area contributed by atoms with E-state index in [9.17, 15) is 4.79 Å². The molecule has 0 aliphatic heterocycles. The summed E-state index contributed by atoms with van der Waals surface area (Å²) in [5.74, 6) is 0.632. The number of amides is 1. The molecular weight excluding hydrogens is 252 g/mol. The molecule has 0 aliphatic rings. The zero-order chi connectivity index (χ0) is 13.5. The number of methoxy groups -OCH3 is 1. The third-order valence-corrected chi connectivity index (χ3v) is 2.96. The lowest BCUT2D eigenvalue weighted by atomic mass is 10.1. The van der Waals surface area contributed by atoms with Crippen molar-refractivity contribution in [3.8, 4) is 5.75 Å². The Hall–Kier alpha value is -1.26. The Morgan fingerprint density at radius 2 is 2.22 bits per heavy atom. The van der Waals surface area contributed by atoms with Gasteiger partial charge in [0.15, 0.2) is 0 Å². The second kappa shape index (κ2) is 7.24. The molecule has 1 N–H and O–H groups in total. The van der Waals surface area contributed by atoms with Crippen molar-refractivity contribution >= 4 is 17.5 Å². The molecule has 0 radical (unpaired) electrons. The number of hydrogen-bond donors (Lipinski definition) is 1. The van der Waals surface area contributed by atoms with E-state index in [0.717, 1.165) is 11.3 Å². The fourth-order valence-electron chi connectivity index (χ4n) is 1.71. The predicted octanol–water partition coefficient (Wildman–Crippen LogP) is 1.65. The Labute approximate surface area is 113 Å². The van der Waals surface area contributed by atoms with E-state index in [0.29, 0.717) is 6.54 Å². The minimum absolute atomic E-state index is 0.0156. The lowest BCUT2D eigenvalue weighted by molar-refractivity contribution is -0.118. The number of carbonyl (C=O) groups is 1. The van der Waals surface area contributed by atoms with Crippen molar-refractivity contribution in [1.29, 1.82) is 0 Å². The number of likely N-dealkylation sites (N-methyl/N-ethyl adjacent to an activating group) is 1. The number of benzene rings is 1. The van der Waals surface area contributed by atoms with E-state index in [1.54, 1.807) is 7.11 Å². The van der Waals surface area contributed by atoms with Gasteiger partial charge in [0.2, 0.25) is 5.91 Å². The van der Waals surface area contributed by atoms with Gasteiger partial charge in [-0.05, 0) is 31.8 Å². The zero-order valence-corrected chi connectivity index (χ0v) is 11.7. The number of rotatable bonds is 6. The monoisotopic (exact) mass is 270 g/mol. The van der Waals surface area contributed by atoms with Gasteiger partial charge in [0.05, 0.1) is 13.2 Å². The Bertz CT molecular complexity index is 396. The third-order valence-electron chi connectivity index (χ3n) is 2.72. The molecule has 0 aliphatic carbocycles. The molecule has 4 nitrogen and oxygen atoms in total. The summed E-state index contributed by atoms with van der Waals surface area (Å²) in [6, 6.07) is 7.91. The molecular formula is C13H19ClN2O2. The molecule has 0 aromatic heterocycles. The highest BCUT2D eigenvalue weighted by atomic mass is 35.5. The van der Waals surface area contributed by atoms with Crippen LogP contribution in [0.15, 0.2) is 24.3 Å². The number of hydrogen-bond acceptors (Lipinski definition) is 3. The number of carbonyl (C=O) groups excluding carboxylic acids is 1. The molecule has 1 atom stereocenters. The lowest BCUT2D eigenvalue weighted by Gasteiger charge is -2.25. The molecule has 0 saturated carbocycles. The van der Waals surface area contributed by atoms with E-state index in [2.05, 4.69) is 5.32 Å². The summed E-state index contributed by atoms with van der Waals surface area (Å²) in [6.07, 6.45) is 0. The highest BCUT2D eigenvalue weighted by Gasteiger charge is 2.15. The van der Waals surface area contributed by atoms with Gasteiger partial charge in [-0.3, -0.25) is 4.79 Å². The van der Waals surface area contributed by atoms with Gasteiger partial charge >= 0.3 is 0 Å². The van der Waals surface area contributed by atoms with E-state index >= 15 is 0 Å². The van der Waals surface area contributed by atoms with Crippen LogP contribution in [0.5, 0.6) is 5.75 Å². The van der Waals surface area contributed by atoms with Crippen LogP contribution in [0, 0.1) is 0 Å². The van der Waals surface area contributed by atoms with Crippen LogP contribution in [0.25, 0.3) is 0 Å². The summed E-state index contributed by atoms with van der Waals surface area (Å²) in [5, 5.41) is 2.80. The van der Waals surface area contributed by atoms with Gasteiger partial charge < -0.3 is 15.0 Å². The number of halogens is 1. The van der Waals surface area contributed by atoms with E-state index < -0.39 is 0 Å². The van der Waals surface area contributed by atoms with Crippen molar-refractivity contribution in [2.24, 2.45) is 0 Å². The zero-order valence-electron chi connectivity index (χ0n) is 10.9. The first-order valence-electron chi connectivity index (χ1n) is 5.71. The number of alkyl halides is 1. The SMILES string of the molecule is COc1cccc(C(CNC(=O)CCl)N(C)C)c1. The molecule has 100 valence electrons. The van der Waals surface area contributed by atoms with Crippen LogP contribution >= 0.6 is 11.6 Å². The molecule has 0 heterocycles. The van der Waals surface area contributed by atoms with Crippen LogP contribution in [-0.2, 0) is 4.79 Å². The van der Waals surface area contributed by atoms with Gasteiger partial charge in [0.1, 0.15) is 11.6 Å². The molecule has 18 heavy (non-hydrogen) atoms. The maximum Gasteiger partial charge on any atom is 0.234 e. The number of nitrogens with zero attached hydrogens (tertiary/aromatic N) is 1. The fourth-order valence-corrected chi connectivity index (χ4v) is 1.80. The number of nitrogens with one attached hydrogen (secondary N) is 1. The minimum Gasteiger partial charge on any atom is -0.497 e. The highest BCUT2D eigenvalue weighted by molar-refractivity contribution is 6.27. The fraction of sp³-hybridized carbons (Fsp3) is 0.462. The van der Waals surface area contributed by atoms with Crippen molar-refractivity contribution in [2.75, 3.05) is 33.6 Å². The van der Waals surface area contributed by atoms with E-state index in [-0.39, 0.29) is 17.8 Å². The largest absolute Gasteiger partial charge is 0.497 e. The van der Waals surface area contributed by atoms with Crippen LogP contribution < -0.4 is 10.1 Å². The Kier molecular flexibility index (Phi) is 5.95. The Morgan fingerprint density at radius 1 is 1.50 bits per heavy atom. The molecule has 0 saturated heterocycles. The van der Waals surface area contributed by atoms with E-state index in [1.807, 2.05) is 43.3 Å². The molecule has 1 unspecified atom stereocenters. The Morgan fingerprint density at radius 3 is 2.78 bits per heavy atom. The summed E-state index contributed by atoms with van der Waals surface area (Å²) < 4.78 is 5.20. The van der Waals surface area contributed by atoms with Gasteiger partial charge in [0.25, 0.3) is 0 Å². The second-order valence-corrected chi connectivity index (χ2v) is 4.46. The van der Waals surface area contributed by atoms with Crippen molar-refractivity contribution in [1.82, 2.24) is 10.2 Å². The van der Waals surface area contributed by atoms with Crippen molar-refractivity contribution in [2.45, 2.75) is 6.04 Å². The first-order chi connectivity index (χ1) is 8.58. The lowest BCUT2D eigenvalue weighted by Crippen LogP contribution is -2.35. The molecule has 1 rings (SSSR count). The summed E-state index contributed by atoms with van der Waals surface area (Å²) >= 11 is 5.46. The van der Waals surface area contributed by atoms with Crippen LogP contribution in [-0.4, -0.2) is 44.4 Å². The maximum absolute atomic E-state index is 11.2. The molecule has 1 amide bonds. The van der Waals surface area contributed by atoms with Crippen molar-refractivity contribution < 1.29 is 9.53 Å². The second-order valence-electron chi connectivity index (χ2n) is 4.19. The average Bonchev–Trinajstić information content (AvgIpc) is 2.38. The summed E-state index contributed by atoms with van der Waals surface area (Å²) in [7, 11) is 5.58. The molecule has 0 fully saturated rings. The van der Waals surface area contributed by atoms with E-state index in [4.69, 9.17) is 16.3 Å². The van der Waals surface area contributed by atoms with Gasteiger partial charge in [-0.1, -0.05) is 12.1 Å². The van der Waals surface area contributed by atoms with Crippen LogP contribution in [0.4, 0.5) is 0 Å². The molecule has 5 heteroatoms. The predicted molar refractivity (Wildman–Crippen MR) is 73.2 cm³/mol. The highest BCUT2D eigenvalue weighted by Crippen LogP contribution is 2.21. The first-order valence-corrected chi connectivity index (χ1v) is 6.25. The van der Waals surface area contributed by atoms with Crippen molar-refractivity contribution in [3.05, 3.63) is 29.8 Å². The van der Waals surface area contributed by atoms with Crippen LogP contribution in [0.1, 0.15) is 11.6 Å².